The van der Waals surface area contributed by atoms with Crippen molar-refractivity contribution in [2.75, 3.05) is 19.6 Å². The average molecular weight is 171 g/mol. The lowest BCUT2D eigenvalue weighted by Gasteiger charge is -2.35. The maximum atomic E-state index is 12.8. The number of halogens is 1. The molecule has 2 heteroatoms. The van der Waals surface area contributed by atoms with Crippen molar-refractivity contribution in [1.29, 1.82) is 0 Å². The summed E-state index contributed by atoms with van der Waals surface area (Å²) in [6.45, 7) is 3.24. The molecule has 70 valence electrons. The lowest BCUT2D eigenvalue weighted by atomic mass is 9.85. The molecule has 1 saturated carbocycles. The Kier molecular flexibility index (Phi) is 2.64. The van der Waals surface area contributed by atoms with Gasteiger partial charge >= 0.3 is 0 Å². The zero-order valence-corrected chi connectivity index (χ0v) is 7.64. The highest BCUT2D eigenvalue weighted by molar-refractivity contribution is 4.77. The molecule has 1 aliphatic heterocycles. The van der Waals surface area contributed by atoms with E-state index in [1.165, 1.54) is 25.8 Å². The van der Waals surface area contributed by atoms with Crippen LogP contribution in [0.5, 0.6) is 0 Å². The molecule has 0 amide bonds. The lowest BCUT2D eigenvalue weighted by Crippen LogP contribution is -2.39. The molecule has 0 atom stereocenters. The summed E-state index contributed by atoms with van der Waals surface area (Å²) in [5.74, 6) is 0.946. The van der Waals surface area contributed by atoms with Crippen molar-refractivity contribution in [1.82, 2.24) is 4.90 Å². The molecule has 0 aromatic heterocycles. The molecular formula is C10H18FN. The fourth-order valence-electron chi connectivity index (χ4n) is 2.12. The van der Waals surface area contributed by atoms with Gasteiger partial charge in [0.15, 0.2) is 0 Å². The zero-order valence-electron chi connectivity index (χ0n) is 7.64. The fourth-order valence-corrected chi connectivity index (χ4v) is 2.12. The third-order valence-corrected chi connectivity index (χ3v) is 3.26. The molecule has 0 bridgehead atoms. The number of hydrogen-bond acceptors (Lipinski definition) is 1. The summed E-state index contributed by atoms with van der Waals surface area (Å²) < 4.78 is 12.8. The minimum absolute atomic E-state index is 0.511. The maximum absolute atomic E-state index is 12.8. The van der Waals surface area contributed by atoms with Crippen molar-refractivity contribution in [2.45, 2.75) is 38.3 Å². The van der Waals surface area contributed by atoms with Crippen LogP contribution in [-0.4, -0.2) is 30.7 Å². The van der Waals surface area contributed by atoms with E-state index in [0.29, 0.717) is 0 Å². The highest BCUT2D eigenvalue weighted by Gasteiger charge is 2.24. The smallest absolute Gasteiger partial charge is 0.103 e. The maximum Gasteiger partial charge on any atom is 0.103 e. The summed E-state index contributed by atoms with van der Waals surface area (Å²) >= 11 is 0. The van der Waals surface area contributed by atoms with E-state index in [2.05, 4.69) is 4.90 Å². The molecule has 2 fully saturated rings. The summed E-state index contributed by atoms with van der Waals surface area (Å²) in [6.07, 6.45) is 5.28. The number of nitrogens with zero attached hydrogens (tertiary/aromatic N) is 1. The lowest BCUT2D eigenvalue weighted by molar-refractivity contribution is 0.114. The third-order valence-electron chi connectivity index (χ3n) is 3.26. The summed E-state index contributed by atoms with van der Waals surface area (Å²) in [4.78, 5) is 2.44. The minimum Gasteiger partial charge on any atom is -0.303 e. The topological polar surface area (TPSA) is 3.24 Å². The Labute approximate surface area is 73.9 Å². The van der Waals surface area contributed by atoms with Gasteiger partial charge in [-0.3, -0.25) is 0 Å². The standard InChI is InChI=1S/C10H18FN/c11-10-4-6-12(7-5-10)8-9-2-1-3-9/h9-10H,1-8H2. The van der Waals surface area contributed by atoms with Gasteiger partial charge in [-0.1, -0.05) is 6.42 Å². The van der Waals surface area contributed by atoms with Gasteiger partial charge < -0.3 is 4.90 Å². The number of hydrogen-bond donors (Lipinski definition) is 0. The molecule has 2 aliphatic rings. The van der Waals surface area contributed by atoms with Crippen LogP contribution in [0.3, 0.4) is 0 Å². The van der Waals surface area contributed by atoms with Crippen molar-refractivity contribution >= 4 is 0 Å². The first-order valence-corrected chi connectivity index (χ1v) is 5.21. The molecule has 1 heterocycles. The molecule has 1 saturated heterocycles. The Morgan fingerprint density at radius 2 is 1.75 bits per heavy atom. The van der Waals surface area contributed by atoms with Crippen molar-refractivity contribution in [3.8, 4) is 0 Å². The Balaban J connectivity index is 1.67. The van der Waals surface area contributed by atoms with E-state index in [-0.39, 0.29) is 0 Å². The molecule has 0 aromatic rings. The average Bonchev–Trinajstić information content (AvgIpc) is 2.00. The van der Waals surface area contributed by atoms with Crippen molar-refractivity contribution in [3.05, 3.63) is 0 Å². The van der Waals surface area contributed by atoms with Crippen LogP contribution < -0.4 is 0 Å². The minimum atomic E-state index is -0.511. The van der Waals surface area contributed by atoms with Gasteiger partial charge in [0, 0.05) is 19.6 Å². The van der Waals surface area contributed by atoms with Gasteiger partial charge in [0.2, 0.25) is 0 Å². The van der Waals surface area contributed by atoms with E-state index in [1.807, 2.05) is 0 Å². The van der Waals surface area contributed by atoms with Crippen LogP contribution in [0.25, 0.3) is 0 Å². The molecular weight excluding hydrogens is 153 g/mol. The summed E-state index contributed by atoms with van der Waals surface area (Å²) in [5.41, 5.74) is 0. The van der Waals surface area contributed by atoms with Gasteiger partial charge in [-0.25, -0.2) is 4.39 Å². The summed E-state index contributed by atoms with van der Waals surface area (Å²) in [7, 11) is 0. The van der Waals surface area contributed by atoms with Gasteiger partial charge in [-0.2, -0.15) is 0 Å². The van der Waals surface area contributed by atoms with E-state index in [1.54, 1.807) is 0 Å². The fraction of sp³-hybridized carbons (Fsp3) is 1.00. The van der Waals surface area contributed by atoms with Crippen LogP contribution in [0.4, 0.5) is 4.39 Å². The quantitative estimate of drug-likeness (QED) is 0.615. The predicted molar refractivity (Wildman–Crippen MR) is 47.9 cm³/mol. The number of likely N-dealkylation sites (tertiary alicyclic amines) is 1. The molecule has 12 heavy (non-hydrogen) atoms. The molecule has 2 rings (SSSR count). The summed E-state index contributed by atoms with van der Waals surface area (Å²) in [6, 6.07) is 0. The van der Waals surface area contributed by atoms with Crippen LogP contribution in [0.1, 0.15) is 32.1 Å². The largest absolute Gasteiger partial charge is 0.303 e. The Hall–Kier alpha value is -0.110. The van der Waals surface area contributed by atoms with Crippen LogP contribution in [0, 0.1) is 5.92 Å². The van der Waals surface area contributed by atoms with Gasteiger partial charge in [-0.05, 0) is 31.6 Å². The molecule has 0 N–H and O–H groups in total. The third kappa shape index (κ3) is 1.98. The highest BCUT2D eigenvalue weighted by atomic mass is 19.1. The van der Waals surface area contributed by atoms with Gasteiger partial charge in [-0.15, -0.1) is 0 Å². The molecule has 0 radical (unpaired) electrons. The second-order valence-corrected chi connectivity index (χ2v) is 4.27. The van der Waals surface area contributed by atoms with Gasteiger partial charge in [0.1, 0.15) is 6.17 Å². The van der Waals surface area contributed by atoms with Crippen LogP contribution in [0.15, 0.2) is 0 Å². The second kappa shape index (κ2) is 3.73. The molecule has 1 nitrogen and oxygen atoms in total. The van der Waals surface area contributed by atoms with Crippen molar-refractivity contribution in [2.24, 2.45) is 5.92 Å². The number of piperidine rings is 1. The predicted octanol–water partition coefficient (Wildman–Crippen LogP) is 2.22. The van der Waals surface area contributed by atoms with Crippen LogP contribution >= 0.6 is 0 Å². The Bertz CT molecular complexity index is 137. The first-order chi connectivity index (χ1) is 5.84. The Morgan fingerprint density at radius 3 is 2.25 bits per heavy atom. The van der Waals surface area contributed by atoms with Gasteiger partial charge in [0.05, 0.1) is 0 Å². The monoisotopic (exact) mass is 171 g/mol. The van der Waals surface area contributed by atoms with E-state index in [4.69, 9.17) is 0 Å². The SMILES string of the molecule is FC1CCN(CC2CCC2)CC1. The normalized spacial score (nSPS) is 28.8. The van der Waals surface area contributed by atoms with Gasteiger partial charge in [0.25, 0.3) is 0 Å². The van der Waals surface area contributed by atoms with Crippen molar-refractivity contribution in [3.63, 3.8) is 0 Å². The molecule has 0 spiro atoms. The van der Waals surface area contributed by atoms with Crippen LogP contribution in [0.2, 0.25) is 0 Å². The van der Waals surface area contributed by atoms with E-state index in [9.17, 15) is 4.39 Å². The number of rotatable bonds is 2. The first kappa shape index (κ1) is 8.49. The van der Waals surface area contributed by atoms with Crippen LogP contribution in [-0.2, 0) is 0 Å². The van der Waals surface area contributed by atoms with E-state index < -0.39 is 6.17 Å². The highest BCUT2D eigenvalue weighted by Crippen LogP contribution is 2.28. The molecule has 0 aromatic carbocycles. The Morgan fingerprint density at radius 1 is 1.08 bits per heavy atom. The van der Waals surface area contributed by atoms with E-state index >= 15 is 0 Å². The van der Waals surface area contributed by atoms with Crippen molar-refractivity contribution < 1.29 is 4.39 Å². The second-order valence-electron chi connectivity index (χ2n) is 4.27. The molecule has 0 unspecified atom stereocenters. The summed E-state index contributed by atoms with van der Waals surface area (Å²) in [5, 5.41) is 0. The first-order valence-electron chi connectivity index (χ1n) is 5.21. The van der Waals surface area contributed by atoms with E-state index in [0.717, 1.165) is 31.8 Å². The number of alkyl halides is 1. The zero-order chi connectivity index (χ0) is 8.39. The molecule has 1 aliphatic carbocycles.